The van der Waals surface area contributed by atoms with Crippen LogP contribution in [0.4, 0.5) is 0 Å². The number of furan rings is 1. The number of hydrogen-bond donors (Lipinski definition) is 0. The lowest BCUT2D eigenvalue weighted by atomic mass is 9.97. The van der Waals surface area contributed by atoms with Gasteiger partial charge >= 0.3 is 0 Å². The molecule has 1 unspecified atom stereocenters. The molecule has 0 bridgehead atoms. The van der Waals surface area contributed by atoms with Crippen molar-refractivity contribution in [3.63, 3.8) is 0 Å². The molecule has 1 saturated heterocycles. The smallest absolute Gasteiger partial charge is 0.227 e. The van der Waals surface area contributed by atoms with Crippen LogP contribution in [-0.4, -0.2) is 48.4 Å². The van der Waals surface area contributed by atoms with Crippen molar-refractivity contribution in [1.82, 2.24) is 9.80 Å². The number of hydrogen-bond acceptors (Lipinski definition) is 3. The van der Waals surface area contributed by atoms with E-state index in [1.165, 1.54) is 40.5 Å². The highest BCUT2D eigenvalue weighted by atomic mass is 16.3. The standard InChI is InChI=1S/C28H34N2O2/c1-20-14-23-9-13-30(28(31)17-25(23)15-21(20)2)19-22-6-5-11-29(18-22)12-10-26-16-24-7-3-4-8-27(24)32-26/h3-4,7-8,14-16,22H,5-6,9-13,17-19H2,1-2H3. The molecule has 2 aliphatic heterocycles. The lowest BCUT2D eigenvalue weighted by Crippen LogP contribution is -2.43. The van der Waals surface area contributed by atoms with E-state index < -0.39 is 0 Å². The zero-order chi connectivity index (χ0) is 22.1. The summed E-state index contributed by atoms with van der Waals surface area (Å²) >= 11 is 0. The molecule has 3 heterocycles. The number of para-hydroxylation sites is 1. The Morgan fingerprint density at radius 3 is 2.69 bits per heavy atom. The van der Waals surface area contributed by atoms with Crippen molar-refractivity contribution in [2.24, 2.45) is 5.92 Å². The molecule has 168 valence electrons. The number of carbonyl (C=O) groups is 1. The molecule has 2 aliphatic rings. The van der Waals surface area contributed by atoms with Crippen molar-refractivity contribution in [1.29, 1.82) is 0 Å². The van der Waals surface area contributed by atoms with E-state index in [0.717, 1.165) is 56.9 Å². The first-order valence-electron chi connectivity index (χ1n) is 12.1. The maximum atomic E-state index is 13.0. The predicted molar refractivity (Wildman–Crippen MR) is 129 cm³/mol. The van der Waals surface area contributed by atoms with Gasteiger partial charge in [-0.15, -0.1) is 0 Å². The summed E-state index contributed by atoms with van der Waals surface area (Å²) in [4.78, 5) is 17.7. The fourth-order valence-electron chi connectivity index (χ4n) is 5.42. The highest BCUT2D eigenvalue weighted by Crippen LogP contribution is 2.24. The van der Waals surface area contributed by atoms with Gasteiger partial charge < -0.3 is 14.2 Å². The highest BCUT2D eigenvalue weighted by Gasteiger charge is 2.26. The van der Waals surface area contributed by atoms with Gasteiger partial charge in [0.25, 0.3) is 0 Å². The largest absolute Gasteiger partial charge is 0.461 e. The molecule has 1 amide bonds. The minimum absolute atomic E-state index is 0.298. The van der Waals surface area contributed by atoms with E-state index in [1.54, 1.807) is 0 Å². The molecule has 3 aromatic rings. The van der Waals surface area contributed by atoms with Crippen molar-refractivity contribution in [2.45, 2.75) is 46.0 Å². The Morgan fingerprint density at radius 1 is 1.03 bits per heavy atom. The molecular weight excluding hydrogens is 396 g/mol. The van der Waals surface area contributed by atoms with Crippen molar-refractivity contribution in [3.8, 4) is 0 Å². The van der Waals surface area contributed by atoms with Crippen LogP contribution >= 0.6 is 0 Å². The Morgan fingerprint density at radius 2 is 1.84 bits per heavy atom. The minimum Gasteiger partial charge on any atom is -0.461 e. The van der Waals surface area contributed by atoms with Gasteiger partial charge in [-0.25, -0.2) is 0 Å². The number of benzene rings is 2. The number of nitrogens with zero attached hydrogens (tertiary/aromatic N) is 2. The quantitative estimate of drug-likeness (QED) is 0.576. The molecule has 1 atom stereocenters. The molecule has 32 heavy (non-hydrogen) atoms. The Kier molecular flexibility index (Phi) is 6.05. The fraction of sp³-hybridized carbons (Fsp3) is 0.464. The molecule has 0 radical (unpaired) electrons. The van der Waals surface area contributed by atoms with Crippen molar-refractivity contribution >= 4 is 16.9 Å². The van der Waals surface area contributed by atoms with E-state index in [2.05, 4.69) is 54.0 Å². The van der Waals surface area contributed by atoms with Crippen LogP contribution < -0.4 is 0 Å². The van der Waals surface area contributed by atoms with Gasteiger partial charge in [0.15, 0.2) is 0 Å². The van der Waals surface area contributed by atoms with E-state index >= 15 is 0 Å². The number of likely N-dealkylation sites (tertiary alicyclic amines) is 1. The second-order valence-electron chi connectivity index (χ2n) is 9.78. The third kappa shape index (κ3) is 4.61. The van der Waals surface area contributed by atoms with Gasteiger partial charge in [0.2, 0.25) is 5.91 Å². The number of carbonyl (C=O) groups excluding carboxylic acids is 1. The molecule has 0 N–H and O–H groups in total. The number of rotatable bonds is 5. The summed E-state index contributed by atoms with van der Waals surface area (Å²) < 4.78 is 6.00. The summed E-state index contributed by atoms with van der Waals surface area (Å²) in [6.45, 7) is 9.31. The van der Waals surface area contributed by atoms with Crippen LogP contribution in [0, 0.1) is 19.8 Å². The maximum Gasteiger partial charge on any atom is 0.227 e. The molecule has 1 aromatic heterocycles. The monoisotopic (exact) mass is 430 g/mol. The summed E-state index contributed by atoms with van der Waals surface area (Å²) in [6, 6.07) is 14.9. The van der Waals surface area contributed by atoms with Gasteiger partial charge in [-0.3, -0.25) is 4.79 Å². The van der Waals surface area contributed by atoms with Crippen LogP contribution in [0.25, 0.3) is 11.0 Å². The van der Waals surface area contributed by atoms with Gasteiger partial charge in [-0.05, 0) is 80.0 Å². The molecule has 4 nitrogen and oxygen atoms in total. The zero-order valence-electron chi connectivity index (χ0n) is 19.4. The summed E-state index contributed by atoms with van der Waals surface area (Å²) in [5.74, 6) is 1.93. The molecule has 5 rings (SSSR count). The summed E-state index contributed by atoms with van der Waals surface area (Å²) in [5, 5.41) is 1.19. The molecule has 0 spiro atoms. The van der Waals surface area contributed by atoms with E-state index in [9.17, 15) is 4.79 Å². The Hall–Kier alpha value is -2.59. The third-order valence-electron chi connectivity index (χ3n) is 7.39. The van der Waals surface area contributed by atoms with E-state index in [0.29, 0.717) is 18.2 Å². The van der Waals surface area contributed by atoms with E-state index in [4.69, 9.17) is 4.42 Å². The van der Waals surface area contributed by atoms with Crippen molar-refractivity contribution in [3.05, 3.63) is 70.5 Å². The molecule has 4 heteroatoms. The topological polar surface area (TPSA) is 36.7 Å². The Bertz CT molecular complexity index is 1080. The Balaban J connectivity index is 1.17. The molecule has 0 saturated carbocycles. The van der Waals surface area contributed by atoms with Crippen molar-refractivity contribution in [2.75, 3.05) is 32.7 Å². The first-order chi connectivity index (χ1) is 15.5. The average molecular weight is 431 g/mol. The van der Waals surface area contributed by atoms with Crippen molar-refractivity contribution < 1.29 is 9.21 Å². The number of aryl methyl sites for hydroxylation is 2. The van der Waals surface area contributed by atoms with Crippen LogP contribution in [0.2, 0.25) is 0 Å². The SMILES string of the molecule is Cc1cc2c(cc1C)CC(=O)N(CC1CCCN(CCc3cc4ccccc4o3)C1)CC2. The van der Waals surface area contributed by atoms with Gasteiger partial charge in [0.1, 0.15) is 11.3 Å². The molecule has 2 aromatic carbocycles. The lowest BCUT2D eigenvalue weighted by molar-refractivity contribution is -0.131. The van der Waals surface area contributed by atoms with E-state index in [1.807, 2.05) is 12.1 Å². The lowest BCUT2D eigenvalue weighted by Gasteiger charge is -2.35. The second-order valence-corrected chi connectivity index (χ2v) is 9.78. The summed E-state index contributed by atoms with van der Waals surface area (Å²) in [6.07, 6.45) is 4.91. The predicted octanol–water partition coefficient (Wildman–Crippen LogP) is 4.93. The zero-order valence-corrected chi connectivity index (χ0v) is 19.4. The highest BCUT2D eigenvalue weighted by molar-refractivity contribution is 5.80. The summed E-state index contributed by atoms with van der Waals surface area (Å²) in [5.41, 5.74) is 6.19. The van der Waals surface area contributed by atoms with Gasteiger partial charge in [-0.1, -0.05) is 30.3 Å². The normalized spacial score (nSPS) is 19.9. The van der Waals surface area contributed by atoms with E-state index in [-0.39, 0.29) is 0 Å². The third-order valence-corrected chi connectivity index (χ3v) is 7.39. The number of fused-ring (bicyclic) bond motifs is 2. The fourth-order valence-corrected chi connectivity index (χ4v) is 5.42. The minimum atomic E-state index is 0.298. The van der Waals surface area contributed by atoms with Crippen LogP contribution in [0.3, 0.4) is 0 Å². The average Bonchev–Trinajstić information content (AvgIpc) is 3.15. The molecular formula is C28H34N2O2. The first-order valence-corrected chi connectivity index (χ1v) is 12.1. The van der Waals surface area contributed by atoms with Crippen LogP contribution in [-0.2, 0) is 24.1 Å². The first kappa shape index (κ1) is 21.3. The second kappa shape index (κ2) is 9.11. The number of piperidine rings is 1. The molecule has 0 aliphatic carbocycles. The molecule has 1 fully saturated rings. The van der Waals surface area contributed by atoms with Crippen LogP contribution in [0.1, 0.15) is 40.9 Å². The van der Waals surface area contributed by atoms with Crippen LogP contribution in [0.15, 0.2) is 46.9 Å². The Labute approximate surface area is 191 Å². The maximum absolute atomic E-state index is 13.0. The summed E-state index contributed by atoms with van der Waals surface area (Å²) in [7, 11) is 0. The van der Waals surface area contributed by atoms with Gasteiger partial charge in [0.05, 0.1) is 6.42 Å². The number of amides is 1. The van der Waals surface area contributed by atoms with Gasteiger partial charge in [-0.2, -0.15) is 0 Å². The van der Waals surface area contributed by atoms with Gasteiger partial charge in [0, 0.05) is 38.0 Å². The van der Waals surface area contributed by atoms with Crippen LogP contribution in [0.5, 0.6) is 0 Å².